The third-order valence-corrected chi connectivity index (χ3v) is 2.48. The van der Waals surface area contributed by atoms with Crippen LogP contribution in [0.5, 0.6) is 0 Å². The predicted octanol–water partition coefficient (Wildman–Crippen LogP) is 2.92. The number of ether oxygens (including phenoxy) is 2. The number of hydrogen-bond acceptors (Lipinski definition) is 4. The molecule has 0 aromatic rings. The summed E-state index contributed by atoms with van der Waals surface area (Å²) >= 11 is 0. The average Bonchev–Trinajstić information content (AvgIpc) is 2.25. The molecule has 0 radical (unpaired) electrons. The zero-order chi connectivity index (χ0) is 15.8. The Balaban J connectivity index is 4.47. The molecule has 0 saturated heterocycles. The SMILES string of the molecule is CCOCCC(=O)C(CC(C)C)NC(=O)OC(C)(C)C. The number of amides is 1. The lowest BCUT2D eigenvalue weighted by Gasteiger charge is -2.24. The maximum atomic E-state index is 12.1. The summed E-state index contributed by atoms with van der Waals surface area (Å²) < 4.78 is 10.4. The third-order valence-electron chi connectivity index (χ3n) is 2.48. The minimum absolute atomic E-state index is 0.0157. The van der Waals surface area contributed by atoms with Crippen LogP contribution in [0.2, 0.25) is 0 Å². The van der Waals surface area contributed by atoms with E-state index in [-0.39, 0.29) is 5.78 Å². The van der Waals surface area contributed by atoms with Crippen LogP contribution in [0.1, 0.15) is 54.4 Å². The minimum Gasteiger partial charge on any atom is -0.444 e. The number of alkyl carbamates (subject to hydrolysis) is 1. The van der Waals surface area contributed by atoms with Crippen LogP contribution in [0.15, 0.2) is 0 Å². The summed E-state index contributed by atoms with van der Waals surface area (Å²) in [5, 5.41) is 2.67. The van der Waals surface area contributed by atoms with E-state index in [0.29, 0.717) is 32.0 Å². The summed E-state index contributed by atoms with van der Waals surface area (Å²) in [4.78, 5) is 23.9. The number of carbonyl (C=O) groups is 2. The van der Waals surface area contributed by atoms with Crippen LogP contribution >= 0.6 is 0 Å². The fraction of sp³-hybridized carbons (Fsp3) is 0.867. The highest BCUT2D eigenvalue weighted by Gasteiger charge is 2.24. The number of nitrogens with one attached hydrogen (secondary N) is 1. The first-order chi connectivity index (χ1) is 9.15. The summed E-state index contributed by atoms with van der Waals surface area (Å²) in [5.74, 6) is 0.295. The molecule has 0 fully saturated rings. The van der Waals surface area contributed by atoms with Gasteiger partial charge in [0.05, 0.1) is 12.6 Å². The second-order valence-electron chi connectivity index (χ2n) is 6.24. The molecule has 5 nitrogen and oxygen atoms in total. The van der Waals surface area contributed by atoms with E-state index in [1.807, 2.05) is 20.8 Å². The molecule has 0 aliphatic carbocycles. The van der Waals surface area contributed by atoms with Gasteiger partial charge in [-0.3, -0.25) is 4.79 Å². The smallest absolute Gasteiger partial charge is 0.408 e. The molecule has 0 saturated carbocycles. The van der Waals surface area contributed by atoms with Crippen LogP contribution in [0.4, 0.5) is 4.79 Å². The molecule has 20 heavy (non-hydrogen) atoms. The summed E-state index contributed by atoms with van der Waals surface area (Å²) in [5.41, 5.74) is -0.569. The molecule has 0 spiro atoms. The van der Waals surface area contributed by atoms with Gasteiger partial charge >= 0.3 is 6.09 Å². The molecule has 5 heteroatoms. The van der Waals surface area contributed by atoms with E-state index in [1.54, 1.807) is 20.8 Å². The first-order valence-corrected chi connectivity index (χ1v) is 7.25. The number of rotatable bonds is 8. The molecule has 0 aromatic carbocycles. The second kappa shape index (κ2) is 8.95. The predicted molar refractivity (Wildman–Crippen MR) is 78.7 cm³/mol. The fourth-order valence-electron chi connectivity index (χ4n) is 1.68. The molecule has 118 valence electrons. The van der Waals surface area contributed by atoms with Crippen molar-refractivity contribution in [1.82, 2.24) is 5.32 Å². The molecular weight excluding hydrogens is 258 g/mol. The van der Waals surface area contributed by atoms with Crippen molar-refractivity contribution in [2.75, 3.05) is 13.2 Å². The molecule has 1 amide bonds. The average molecular weight is 287 g/mol. The van der Waals surface area contributed by atoms with Gasteiger partial charge in [0.15, 0.2) is 5.78 Å². The molecule has 0 heterocycles. The van der Waals surface area contributed by atoms with Crippen molar-refractivity contribution >= 4 is 11.9 Å². The highest BCUT2D eigenvalue weighted by molar-refractivity contribution is 5.87. The van der Waals surface area contributed by atoms with Crippen molar-refractivity contribution in [3.63, 3.8) is 0 Å². The van der Waals surface area contributed by atoms with Crippen molar-refractivity contribution in [3.05, 3.63) is 0 Å². The highest BCUT2D eigenvalue weighted by atomic mass is 16.6. The lowest BCUT2D eigenvalue weighted by atomic mass is 9.99. The number of carbonyl (C=O) groups excluding carboxylic acids is 2. The third kappa shape index (κ3) is 9.78. The molecule has 1 N–H and O–H groups in total. The summed E-state index contributed by atoms with van der Waals surface area (Å²) in [6.45, 7) is 12.3. The maximum absolute atomic E-state index is 12.1. The van der Waals surface area contributed by atoms with Gasteiger partial charge in [0.25, 0.3) is 0 Å². The Kier molecular flexibility index (Phi) is 8.46. The van der Waals surface area contributed by atoms with Gasteiger partial charge in [-0.15, -0.1) is 0 Å². The van der Waals surface area contributed by atoms with E-state index in [1.165, 1.54) is 0 Å². The van der Waals surface area contributed by atoms with Crippen molar-refractivity contribution in [1.29, 1.82) is 0 Å². The largest absolute Gasteiger partial charge is 0.444 e. The Bertz CT molecular complexity index is 307. The van der Waals surface area contributed by atoms with E-state index in [4.69, 9.17) is 9.47 Å². The monoisotopic (exact) mass is 287 g/mol. The van der Waals surface area contributed by atoms with Gasteiger partial charge in [-0.05, 0) is 40.0 Å². The fourth-order valence-corrected chi connectivity index (χ4v) is 1.68. The van der Waals surface area contributed by atoms with Crippen LogP contribution < -0.4 is 5.32 Å². The van der Waals surface area contributed by atoms with E-state index in [0.717, 1.165) is 0 Å². The molecule has 0 aliphatic rings. The van der Waals surface area contributed by atoms with Gasteiger partial charge in [-0.2, -0.15) is 0 Å². The number of ketones is 1. The van der Waals surface area contributed by atoms with Crippen LogP contribution in [0, 0.1) is 5.92 Å². The Morgan fingerprint density at radius 3 is 2.25 bits per heavy atom. The topological polar surface area (TPSA) is 64.6 Å². The lowest BCUT2D eigenvalue weighted by molar-refractivity contribution is -0.122. The number of hydrogen-bond donors (Lipinski definition) is 1. The standard InChI is InChI=1S/C15H29NO4/c1-7-19-9-8-13(17)12(10-11(2)3)16-14(18)20-15(4,5)6/h11-12H,7-10H2,1-6H3,(H,16,18). The van der Waals surface area contributed by atoms with Crippen molar-refractivity contribution in [2.24, 2.45) is 5.92 Å². The first-order valence-electron chi connectivity index (χ1n) is 7.25. The van der Waals surface area contributed by atoms with Crippen LogP contribution in [-0.4, -0.2) is 36.7 Å². The summed E-state index contributed by atoms with van der Waals surface area (Å²) in [6, 6.07) is -0.509. The second-order valence-corrected chi connectivity index (χ2v) is 6.24. The van der Waals surface area contributed by atoms with E-state index in [2.05, 4.69) is 5.32 Å². The molecule has 1 unspecified atom stereocenters. The van der Waals surface area contributed by atoms with Crippen molar-refractivity contribution in [2.45, 2.75) is 66.0 Å². The molecular formula is C15H29NO4. The van der Waals surface area contributed by atoms with Crippen LogP contribution in [0.3, 0.4) is 0 Å². The van der Waals surface area contributed by atoms with Crippen molar-refractivity contribution in [3.8, 4) is 0 Å². The Labute approximate surface area is 122 Å². The van der Waals surface area contributed by atoms with E-state index in [9.17, 15) is 9.59 Å². The van der Waals surface area contributed by atoms with E-state index < -0.39 is 17.7 Å². The van der Waals surface area contributed by atoms with E-state index >= 15 is 0 Å². The minimum atomic E-state index is -0.569. The lowest BCUT2D eigenvalue weighted by Crippen LogP contribution is -2.44. The molecule has 0 aromatic heterocycles. The van der Waals surface area contributed by atoms with Gasteiger partial charge in [-0.25, -0.2) is 4.79 Å². The van der Waals surface area contributed by atoms with Gasteiger partial charge in [0, 0.05) is 13.0 Å². The quantitative estimate of drug-likeness (QED) is 0.697. The molecule has 0 aliphatic heterocycles. The van der Waals surface area contributed by atoms with Gasteiger partial charge in [-0.1, -0.05) is 13.8 Å². The highest BCUT2D eigenvalue weighted by Crippen LogP contribution is 2.11. The molecule has 0 rings (SSSR count). The van der Waals surface area contributed by atoms with Crippen LogP contribution in [0.25, 0.3) is 0 Å². The Morgan fingerprint density at radius 1 is 1.20 bits per heavy atom. The molecule has 1 atom stereocenters. The van der Waals surface area contributed by atoms with Gasteiger partial charge < -0.3 is 14.8 Å². The summed E-state index contributed by atoms with van der Waals surface area (Å²) in [7, 11) is 0. The Hall–Kier alpha value is -1.10. The first kappa shape index (κ1) is 18.9. The normalized spacial score (nSPS) is 13.2. The van der Waals surface area contributed by atoms with Gasteiger partial charge in [0.1, 0.15) is 5.60 Å². The van der Waals surface area contributed by atoms with Gasteiger partial charge in [0.2, 0.25) is 0 Å². The summed E-state index contributed by atoms with van der Waals surface area (Å²) in [6.07, 6.45) is 0.360. The Morgan fingerprint density at radius 2 is 1.80 bits per heavy atom. The molecule has 0 bridgehead atoms. The zero-order valence-corrected chi connectivity index (χ0v) is 13.6. The van der Waals surface area contributed by atoms with Crippen LogP contribution in [-0.2, 0) is 14.3 Å². The maximum Gasteiger partial charge on any atom is 0.408 e. The van der Waals surface area contributed by atoms with Crippen molar-refractivity contribution < 1.29 is 19.1 Å². The zero-order valence-electron chi connectivity index (χ0n) is 13.6. The number of Topliss-reactive ketones (excluding diaryl/α,β-unsaturated/α-hetero) is 1.